The van der Waals surface area contributed by atoms with Crippen LogP contribution in [-0.2, 0) is 6.42 Å². The third kappa shape index (κ3) is 4.22. The molecule has 0 aliphatic rings. The lowest BCUT2D eigenvalue weighted by molar-refractivity contribution is 0.333. The van der Waals surface area contributed by atoms with Gasteiger partial charge in [0.15, 0.2) is 0 Å². The van der Waals surface area contributed by atoms with E-state index in [-0.39, 0.29) is 5.54 Å². The number of hydrogen-bond acceptors (Lipinski definition) is 2. The molecular weight excluding hydrogens is 208 g/mol. The van der Waals surface area contributed by atoms with Gasteiger partial charge in [-0.1, -0.05) is 43.2 Å². The molecule has 17 heavy (non-hydrogen) atoms. The van der Waals surface area contributed by atoms with Crippen LogP contribution in [0.15, 0.2) is 30.3 Å². The second kappa shape index (κ2) is 7.11. The van der Waals surface area contributed by atoms with E-state index in [1.807, 2.05) is 13.0 Å². The maximum Gasteiger partial charge on any atom is 0.0581 e. The molecule has 0 aliphatic heterocycles. The second-order valence-corrected chi connectivity index (χ2v) is 4.28. The van der Waals surface area contributed by atoms with Crippen LogP contribution >= 0.6 is 0 Å². The van der Waals surface area contributed by atoms with Crippen LogP contribution in [0.1, 0.15) is 25.8 Å². The van der Waals surface area contributed by atoms with Gasteiger partial charge in [-0.15, -0.1) is 5.92 Å². The smallest absolute Gasteiger partial charge is 0.0581 e. The molecule has 0 fully saturated rings. The van der Waals surface area contributed by atoms with Crippen molar-refractivity contribution in [1.82, 2.24) is 5.32 Å². The summed E-state index contributed by atoms with van der Waals surface area (Å²) in [6, 6.07) is 10.5. The molecule has 1 atom stereocenters. The average Bonchev–Trinajstić information content (AvgIpc) is 2.39. The summed E-state index contributed by atoms with van der Waals surface area (Å²) in [5, 5.41) is 3.48. The Bertz CT molecular complexity index is 369. The minimum absolute atomic E-state index is 0.0365. The van der Waals surface area contributed by atoms with Gasteiger partial charge in [0.1, 0.15) is 0 Å². The number of rotatable bonds is 6. The Morgan fingerprint density at radius 1 is 1.29 bits per heavy atom. The quantitative estimate of drug-likeness (QED) is 0.733. The highest BCUT2D eigenvalue weighted by atomic mass is 15.0. The van der Waals surface area contributed by atoms with Crippen LogP contribution in [0.2, 0.25) is 0 Å². The second-order valence-electron chi connectivity index (χ2n) is 4.28. The largest absolute Gasteiger partial charge is 0.329 e. The van der Waals surface area contributed by atoms with Crippen molar-refractivity contribution in [3.8, 4) is 11.8 Å². The molecule has 0 saturated heterocycles. The Balaban J connectivity index is 2.72. The van der Waals surface area contributed by atoms with Crippen molar-refractivity contribution in [2.24, 2.45) is 5.73 Å². The van der Waals surface area contributed by atoms with E-state index in [0.717, 1.165) is 12.8 Å². The molecule has 0 bridgehead atoms. The van der Waals surface area contributed by atoms with E-state index < -0.39 is 0 Å². The molecule has 2 nitrogen and oxygen atoms in total. The van der Waals surface area contributed by atoms with Crippen LogP contribution in [0, 0.1) is 11.8 Å². The summed E-state index contributed by atoms with van der Waals surface area (Å²) in [6.07, 6.45) is 1.95. The lowest BCUT2D eigenvalue weighted by Crippen LogP contribution is -2.52. The first-order chi connectivity index (χ1) is 8.26. The Kier molecular flexibility index (Phi) is 5.76. The summed E-state index contributed by atoms with van der Waals surface area (Å²) in [5.41, 5.74) is 7.22. The molecule has 0 aliphatic carbocycles. The first kappa shape index (κ1) is 13.8. The van der Waals surface area contributed by atoms with Gasteiger partial charge in [-0.05, 0) is 25.3 Å². The van der Waals surface area contributed by atoms with Crippen molar-refractivity contribution in [1.29, 1.82) is 0 Å². The maximum absolute atomic E-state index is 5.94. The van der Waals surface area contributed by atoms with Crippen LogP contribution in [0.5, 0.6) is 0 Å². The average molecular weight is 230 g/mol. The minimum Gasteiger partial charge on any atom is -0.329 e. The van der Waals surface area contributed by atoms with Gasteiger partial charge in [0.05, 0.1) is 6.54 Å². The van der Waals surface area contributed by atoms with E-state index in [1.165, 1.54) is 5.56 Å². The monoisotopic (exact) mass is 230 g/mol. The molecule has 0 amide bonds. The number of nitrogens with two attached hydrogens (primary N) is 1. The SMILES string of the molecule is CC#CCNC(CC)(CN)Cc1ccccc1. The van der Waals surface area contributed by atoms with Gasteiger partial charge in [0.25, 0.3) is 0 Å². The van der Waals surface area contributed by atoms with E-state index in [1.54, 1.807) is 0 Å². The van der Waals surface area contributed by atoms with E-state index >= 15 is 0 Å². The van der Waals surface area contributed by atoms with Crippen molar-refractivity contribution >= 4 is 0 Å². The van der Waals surface area contributed by atoms with Gasteiger partial charge >= 0.3 is 0 Å². The molecule has 0 spiro atoms. The Hall–Kier alpha value is -1.30. The van der Waals surface area contributed by atoms with Crippen LogP contribution in [-0.4, -0.2) is 18.6 Å². The summed E-state index contributed by atoms with van der Waals surface area (Å²) >= 11 is 0. The van der Waals surface area contributed by atoms with Crippen LogP contribution in [0.4, 0.5) is 0 Å². The highest BCUT2D eigenvalue weighted by molar-refractivity contribution is 5.18. The molecule has 0 aromatic heterocycles. The maximum atomic E-state index is 5.94. The third-order valence-corrected chi connectivity index (χ3v) is 3.18. The molecule has 1 rings (SSSR count). The summed E-state index contributed by atoms with van der Waals surface area (Å²) in [7, 11) is 0. The van der Waals surface area contributed by atoms with Crippen molar-refractivity contribution in [3.05, 3.63) is 35.9 Å². The summed E-state index contributed by atoms with van der Waals surface area (Å²) < 4.78 is 0. The molecule has 1 unspecified atom stereocenters. The molecule has 0 heterocycles. The van der Waals surface area contributed by atoms with Crippen LogP contribution in [0.3, 0.4) is 0 Å². The lowest BCUT2D eigenvalue weighted by Gasteiger charge is -2.32. The normalized spacial score (nSPS) is 13.6. The standard InChI is InChI=1S/C15H22N2/c1-3-5-11-17-15(4-2,13-16)12-14-9-7-6-8-10-14/h6-10,17H,4,11-13,16H2,1-2H3. The fourth-order valence-electron chi connectivity index (χ4n) is 1.91. The van der Waals surface area contributed by atoms with Gasteiger partial charge in [-0.2, -0.15) is 0 Å². The highest BCUT2D eigenvalue weighted by Crippen LogP contribution is 2.16. The number of benzene rings is 1. The molecule has 0 radical (unpaired) electrons. The van der Waals surface area contributed by atoms with E-state index in [9.17, 15) is 0 Å². The molecular formula is C15H22N2. The third-order valence-electron chi connectivity index (χ3n) is 3.18. The Morgan fingerprint density at radius 2 is 2.00 bits per heavy atom. The fraction of sp³-hybridized carbons (Fsp3) is 0.467. The first-order valence-corrected chi connectivity index (χ1v) is 6.15. The van der Waals surface area contributed by atoms with Crippen molar-refractivity contribution in [3.63, 3.8) is 0 Å². The summed E-state index contributed by atoms with van der Waals surface area (Å²) in [6.45, 7) is 5.36. The molecule has 92 valence electrons. The zero-order chi connectivity index (χ0) is 12.6. The molecule has 3 N–H and O–H groups in total. The van der Waals surface area contributed by atoms with Gasteiger partial charge in [-0.25, -0.2) is 0 Å². The fourth-order valence-corrected chi connectivity index (χ4v) is 1.91. The van der Waals surface area contributed by atoms with Gasteiger partial charge in [0, 0.05) is 12.1 Å². The minimum atomic E-state index is -0.0365. The van der Waals surface area contributed by atoms with Gasteiger partial charge in [0.2, 0.25) is 0 Å². The lowest BCUT2D eigenvalue weighted by atomic mass is 9.88. The topological polar surface area (TPSA) is 38.0 Å². The van der Waals surface area contributed by atoms with Crippen molar-refractivity contribution in [2.75, 3.05) is 13.1 Å². The number of nitrogens with one attached hydrogen (secondary N) is 1. The van der Waals surface area contributed by atoms with E-state index in [2.05, 4.69) is 48.3 Å². The molecule has 2 heteroatoms. The predicted molar refractivity (Wildman–Crippen MR) is 73.7 cm³/mol. The van der Waals surface area contributed by atoms with Crippen LogP contribution < -0.4 is 11.1 Å². The predicted octanol–water partition coefficient (Wildman–Crippen LogP) is 1.95. The van der Waals surface area contributed by atoms with Crippen LogP contribution in [0.25, 0.3) is 0 Å². The van der Waals surface area contributed by atoms with E-state index in [4.69, 9.17) is 5.73 Å². The molecule has 1 aromatic carbocycles. The summed E-state index contributed by atoms with van der Waals surface area (Å²) in [4.78, 5) is 0. The van der Waals surface area contributed by atoms with Crippen molar-refractivity contribution < 1.29 is 0 Å². The summed E-state index contributed by atoms with van der Waals surface area (Å²) in [5.74, 6) is 5.94. The Morgan fingerprint density at radius 3 is 2.53 bits per heavy atom. The van der Waals surface area contributed by atoms with Gasteiger partial charge < -0.3 is 5.73 Å². The van der Waals surface area contributed by atoms with Gasteiger partial charge in [-0.3, -0.25) is 5.32 Å². The Labute approximate surface area is 105 Å². The highest BCUT2D eigenvalue weighted by Gasteiger charge is 2.25. The zero-order valence-corrected chi connectivity index (χ0v) is 10.8. The van der Waals surface area contributed by atoms with E-state index in [0.29, 0.717) is 13.1 Å². The first-order valence-electron chi connectivity index (χ1n) is 6.15. The molecule has 1 aromatic rings. The zero-order valence-electron chi connectivity index (χ0n) is 10.8. The van der Waals surface area contributed by atoms with Crippen molar-refractivity contribution in [2.45, 2.75) is 32.2 Å². The molecule has 0 saturated carbocycles. The number of hydrogen-bond donors (Lipinski definition) is 2.